The average Bonchev–Trinajstić information content (AvgIpc) is 3.24. The Labute approximate surface area is 160 Å². The van der Waals surface area contributed by atoms with Crippen molar-refractivity contribution in [1.82, 2.24) is 9.88 Å². The topological polar surface area (TPSA) is 33.2 Å². The van der Waals surface area contributed by atoms with Gasteiger partial charge in [-0.2, -0.15) is 0 Å². The first kappa shape index (κ1) is 17.9. The normalized spacial score (nSPS) is 10.6. The number of rotatable bonds is 7. The molecule has 2 heterocycles. The summed E-state index contributed by atoms with van der Waals surface area (Å²) >= 11 is 8.98. The predicted molar refractivity (Wildman–Crippen MR) is 106 cm³/mol. The first-order chi connectivity index (χ1) is 12.2. The maximum Gasteiger partial charge on any atom is 0.273 e. The molecule has 3 nitrogen and oxygen atoms in total. The number of thiazole rings is 1. The molecule has 0 unspecified atom stereocenters. The van der Waals surface area contributed by atoms with E-state index in [2.05, 4.69) is 23.7 Å². The van der Waals surface area contributed by atoms with E-state index < -0.39 is 0 Å². The molecule has 1 aromatic carbocycles. The van der Waals surface area contributed by atoms with Gasteiger partial charge in [0.05, 0.1) is 15.9 Å². The number of carbonyl (C=O) groups excluding carboxylic acids is 1. The zero-order chi connectivity index (χ0) is 17.6. The fourth-order valence-electron chi connectivity index (χ4n) is 2.42. The zero-order valence-electron chi connectivity index (χ0n) is 13.5. The zero-order valence-corrected chi connectivity index (χ0v) is 15.9. The van der Waals surface area contributed by atoms with E-state index in [1.54, 1.807) is 11.0 Å². The van der Waals surface area contributed by atoms with Crippen LogP contribution in [0.5, 0.6) is 0 Å². The number of amides is 1. The molecule has 0 bridgehead atoms. The first-order valence-corrected chi connectivity index (χ1v) is 9.86. The highest BCUT2D eigenvalue weighted by atomic mass is 35.5. The molecule has 2 aromatic heterocycles. The van der Waals surface area contributed by atoms with E-state index >= 15 is 0 Å². The van der Waals surface area contributed by atoms with Crippen molar-refractivity contribution in [2.45, 2.75) is 13.0 Å². The molecular formula is C19H17ClN2OS2. The lowest BCUT2D eigenvalue weighted by Crippen LogP contribution is -2.30. The van der Waals surface area contributed by atoms with Gasteiger partial charge in [0, 0.05) is 23.2 Å². The third-order valence-electron chi connectivity index (χ3n) is 3.58. The highest BCUT2D eigenvalue weighted by Crippen LogP contribution is 2.24. The van der Waals surface area contributed by atoms with Gasteiger partial charge in [-0.05, 0) is 17.7 Å². The number of hydrogen-bond acceptors (Lipinski definition) is 4. The molecule has 3 aromatic rings. The summed E-state index contributed by atoms with van der Waals surface area (Å²) in [7, 11) is 0. The Morgan fingerprint density at radius 3 is 2.72 bits per heavy atom. The number of nitrogens with zero attached hydrogens (tertiary/aromatic N) is 2. The Hall–Kier alpha value is -1.95. The van der Waals surface area contributed by atoms with Crippen LogP contribution in [0.15, 0.2) is 60.5 Å². The van der Waals surface area contributed by atoms with Crippen LogP contribution >= 0.6 is 34.3 Å². The van der Waals surface area contributed by atoms with Crippen LogP contribution < -0.4 is 0 Å². The highest BCUT2D eigenvalue weighted by Gasteiger charge is 2.19. The number of thiophene rings is 1. The van der Waals surface area contributed by atoms with Crippen LogP contribution in [0.4, 0.5) is 0 Å². The first-order valence-electron chi connectivity index (χ1n) is 7.78. The Balaban J connectivity index is 1.72. The van der Waals surface area contributed by atoms with Crippen molar-refractivity contribution in [3.63, 3.8) is 0 Å². The van der Waals surface area contributed by atoms with Crippen LogP contribution in [-0.2, 0) is 13.0 Å². The second-order valence-corrected chi connectivity index (χ2v) is 8.21. The minimum Gasteiger partial charge on any atom is -0.328 e. The maximum absolute atomic E-state index is 12.8. The van der Waals surface area contributed by atoms with Crippen molar-refractivity contribution < 1.29 is 4.79 Å². The van der Waals surface area contributed by atoms with Crippen molar-refractivity contribution in [2.75, 3.05) is 6.54 Å². The molecular weight excluding hydrogens is 372 g/mol. The van der Waals surface area contributed by atoms with Crippen LogP contribution in [0.1, 0.15) is 25.9 Å². The van der Waals surface area contributed by atoms with Crippen molar-refractivity contribution in [3.8, 4) is 0 Å². The Bertz CT molecular complexity index is 857. The van der Waals surface area contributed by atoms with Crippen LogP contribution in [-0.4, -0.2) is 22.3 Å². The molecule has 1 amide bonds. The van der Waals surface area contributed by atoms with Gasteiger partial charge in [-0.25, -0.2) is 4.98 Å². The molecule has 0 aliphatic heterocycles. The average molecular weight is 389 g/mol. The Kier molecular flexibility index (Phi) is 6.02. The van der Waals surface area contributed by atoms with Gasteiger partial charge in [-0.1, -0.05) is 48.0 Å². The molecule has 0 radical (unpaired) electrons. The minimum atomic E-state index is -0.0833. The number of benzene rings is 1. The number of halogens is 1. The van der Waals surface area contributed by atoms with Gasteiger partial charge < -0.3 is 4.90 Å². The molecule has 25 heavy (non-hydrogen) atoms. The van der Waals surface area contributed by atoms with E-state index in [1.807, 2.05) is 35.7 Å². The standard InChI is InChI=1S/C19H17ClN2OS2/c1-2-10-22(12-15-8-9-17(20)25-15)19(23)16-13-24-18(21-16)11-14-6-4-3-5-7-14/h2-9,13H,1,10-12H2. The number of hydrogen-bond donors (Lipinski definition) is 0. The van der Waals surface area contributed by atoms with Gasteiger partial charge in [0.25, 0.3) is 5.91 Å². The smallest absolute Gasteiger partial charge is 0.273 e. The second kappa shape index (κ2) is 8.43. The number of aromatic nitrogens is 1. The molecule has 0 aliphatic carbocycles. The lowest BCUT2D eigenvalue weighted by molar-refractivity contribution is 0.0759. The molecule has 0 saturated heterocycles. The predicted octanol–water partition coefficient (Wildman–Crippen LogP) is 5.28. The molecule has 6 heteroatoms. The third-order valence-corrected chi connectivity index (χ3v) is 5.65. The second-order valence-electron chi connectivity index (χ2n) is 5.47. The minimum absolute atomic E-state index is 0.0833. The van der Waals surface area contributed by atoms with Gasteiger partial charge in [0.15, 0.2) is 0 Å². The summed E-state index contributed by atoms with van der Waals surface area (Å²) in [6.07, 6.45) is 2.46. The van der Waals surface area contributed by atoms with Gasteiger partial charge >= 0.3 is 0 Å². The van der Waals surface area contributed by atoms with Crippen molar-refractivity contribution in [3.05, 3.63) is 86.0 Å². The molecule has 0 atom stereocenters. The molecule has 0 aliphatic rings. The van der Waals surface area contributed by atoms with Crippen LogP contribution in [0.25, 0.3) is 0 Å². The van der Waals surface area contributed by atoms with Gasteiger partial charge in [-0.15, -0.1) is 29.3 Å². The quantitative estimate of drug-likeness (QED) is 0.516. The summed E-state index contributed by atoms with van der Waals surface area (Å²) in [5.74, 6) is -0.0833. The van der Waals surface area contributed by atoms with E-state index in [0.29, 0.717) is 18.8 Å². The summed E-state index contributed by atoms with van der Waals surface area (Å²) in [6.45, 7) is 4.73. The molecule has 0 spiro atoms. The van der Waals surface area contributed by atoms with Crippen LogP contribution in [0.2, 0.25) is 4.34 Å². The fourth-order valence-corrected chi connectivity index (χ4v) is 4.33. The van der Waals surface area contributed by atoms with Gasteiger partial charge in [-0.3, -0.25) is 4.79 Å². The molecule has 3 rings (SSSR count). The molecule has 0 fully saturated rings. The van der Waals surface area contributed by atoms with Gasteiger partial charge in [0.1, 0.15) is 5.69 Å². The van der Waals surface area contributed by atoms with E-state index in [1.165, 1.54) is 28.2 Å². The van der Waals surface area contributed by atoms with Crippen LogP contribution in [0, 0.1) is 0 Å². The maximum atomic E-state index is 12.8. The largest absolute Gasteiger partial charge is 0.328 e. The fraction of sp³-hybridized carbons (Fsp3) is 0.158. The highest BCUT2D eigenvalue weighted by molar-refractivity contribution is 7.16. The van der Waals surface area contributed by atoms with Gasteiger partial charge in [0.2, 0.25) is 0 Å². The summed E-state index contributed by atoms with van der Waals surface area (Å²) in [5.41, 5.74) is 1.67. The van der Waals surface area contributed by atoms with Crippen molar-refractivity contribution in [2.24, 2.45) is 0 Å². The Morgan fingerprint density at radius 2 is 2.04 bits per heavy atom. The van der Waals surface area contributed by atoms with Crippen LogP contribution in [0.3, 0.4) is 0 Å². The van der Waals surface area contributed by atoms with E-state index in [0.717, 1.165) is 20.6 Å². The molecule has 0 N–H and O–H groups in total. The third kappa shape index (κ3) is 4.78. The molecule has 128 valence electrons. The lowest BCUT2D eigenvalue weighted by Gasteiger charge is -2.19. The van der Waals surface area contributed by atoms with E-state index in [4.69, 9.17) is 11.6 Å². The lowest BCUT2D eigenvalue weighted by atomic mass is 10.2. The molecule has 0 saturated carbocycles. The summed E-state index contributed by atoms with van der Waals surface area (Å²) in [5, 5.41) is 2.77. The number of carbonyl (C=O) groups is 1. The van der Waals surface area contributed by atoms with Crippen molar-refractivity contribution >= 4 is 40.2 Å². The Morgan fingerprint density at radius 1 is 1.24 bits per heavy atom. The summed E-state index contributed by atoms with van der Waals surface area (Å²) < 4.78 is 0.722. The monoisotopic (exact) mass is 388 g/mol. The van der Waals surface area contributed by atoms with E-state index in [9.17, 15) is 4.79 Å². The SMILES string of the molecule is C=CCN(Cc1ccc(Cl)s1)C(=O)c1csc(Cc2ccccc2)n1. The van der Waals surface area contributed by atoms with E-state index in [-0.39, 0.29) is 5.91 Å². The summed E-state index contributed by atoms with van der Waals surface area (Å²) in [4.78, 5) is 20.1. The van der Waals surface area contributed by atoms with Crippen molar-refractivity contribution in [1.29, 1.82) is 0 Å². The summed E-state index contributed by atoms with van der Waals surface area (Å²) in [6, 6.07) is 13.9.